The molecule has 3 rings (SSSR count). The summed E-state index contributed by atoms with van der Waals surface area (Å²) in [4.78, 5) is 0.337. The number of allylic oxidation sites excluding steroid dienone is 4. The first kappa shape index (κ1) is 28.5. The van der Waals surface area contributed by atoms with Gasteiger partial charge in [0.05, 0.1) is 36.0 Å². The summed E-state index contributed by atoms with van der Waals surface area (Å²) < 4.78 is 54.8. The van der Waals surface area contributed by atoms with E-state index in [4.69, 9.17) is 0 Å². The highest BCUT2D eigenvalue weighted by Crippen LogP contribution is 2.17. The van der Waals surface area contributed by atoms with Gasteiger partial charge >= 0.3 is 0 Å². The molecule has 0 fully saturated rings. The van der Waals surface area contributed by atoms with Gasteiger partial charge in [-0.25, -0.2) is 16.8 Å². The zero-order valence-corrected chi connectivity index (χ0v) is 22.7. The molecule has 2 aromatic rings. The average molecular weight is 543 g/mol. The van der Waals surface area contributed by atoms with Gasteiger partial charge in [-0.15, -0.1) is 0 Å². The van der Waals surface area contributed by atoms with Crippen molar-refractivity contribution in [2.45, 2.75) is 23.6 Å². The van der Waals surface area contributed by atoms with Crippen LogP contribution in [-0.4, -0.2) is 51.6 Å². The first-order chi connectivity index (χ1) is 18.2. The van der Waals surface area contributed by atoms with Crippen molar-refractivity contribution in [3.8, 4) is 47.4 Å². The van der Waals surface area contributed by atoms with Crippen molar-refractivity contribution in [1.29, 1.82) is 0 Å². The summed E-state index contributed by atoms with van der Waals surface area (Å²) in [6.45, 7) is 3.53. The van der Waals surface area contributed by atoms with Gasteiger partial charge in [0.15, 0.2) is 0 Å². The van der Waals surface area contributed by atoms with Crippen molar-refractivity contribution in [2.24, 2.45) is 0 Å². The molecule has 192 valence electrons. The molecule has 2 aromatic carbocycles. The van der Waals surface area contributed by atoms with E-state index in [0.717, 1.165) is 11.1 Å². The predicted octanol–water partition coefficient (Wildman–Crippen LogP) is 3.12. The topological polar surface area (TPSA) is 74.8 Å². The van der Waals surface area contributed by atoms with Crippen molar-refractivity contribution in [2.75, 3.05) is 26.2 Å². The summed E-state index contributed by atoms with van der Waals surface area (Å²) in [7, 11) is -7.58. The molecule has 0 saturated heterocycles. The molecule has 0 radical (unpaired) electrons. The SMILES string of the molecule is Cc1ccc(S(=O)(=O)N2CC#C/C=C/C#CCN(S(=O)(=O)c3ccc(C)cc3)CC#C/C=C/C#CC2)cc1. The van der Waals surface area contributed by atoms with Gasteiger partial charge in [-0.2, -0.15) is 8.61 Å². The fraction of sp³-hybridized carbons (Fsp3) is 0.200. The Morgan fingerprint density at radius 3 is 1.03 bits per heavy atom. The highest BCUT2D eigenvalue weighted by molar-refractivity contribution is 7.89. The minimum absolute atomic E-state index is 0.0608. The number of hydrogen-bond donors (Lipinski definition) is 0. The van der Waals surface area contributed by atoms with Gasteiger partial charge in [-0.05, 0) is 62.4 Å². The van der Waals surface area contributed by atoms with Crippen LogP contribution < -0.4 is 0 Å². The Kier molecular flexibility index (Phi) is 10.1. The van der Waals surface area contributed by atoms with Gasteiger partial charge in [0.25, 0.3) is 0 Å². The summed E-state index contributed by atoms with van der Waals surface area (Å²) in [5.41, 5.74) is 1.91. The monoisotopic (exact) mass is 542 g/mol. The largest absolute Gasteiger partial charge is 0.244 e. The molecule has 0 spiro atoms. The summed E-state index contributed by atoms with van der Waals surface area (Å²) >= 11 is 0. The zero-order valence-electron chi connectivity index (χ0n) is 21.1. The minimum atomic E-state index is -3.79. The second kappa shape index (κ2) is 13.5. The van der Waals surface area contributed by atoms with E-state index in [-0.39, 0.29) is 36.0 Å². The molecular formula is C30H26N2O4S2. The van der Waals surface area contributed by atoms with Crippen molar-refractivity contribution < 1.29 is 16.8 Å². The summed E-state index contributed by atoms with van der Waals surface area (Å²) in [5, 5.41) is 0. The summed E-state index contributed by atoms with van der Waals surface area (Å²) in [6, 6.07) is 13.2. The normalized spacial score (nSPS) is 16.9. The fourth-order valence-electron chi connectivity index (χ4n) is 3.11. The average Bonchev–Trinajstić information content (AvgIpc) is 2.89. The van der Waals surface area contributed by atoms with Gasteiger partial charge in [0.1, 0.15) is 0 Å². The molecule has 0 aliphatic carbocycles. The van der Waals surface area contributed by atoms with Crippen LogP contribution in [-0.2, 0) is 20.0 Å². The molecule has 1 heterocycles. The first-order valence-corrected chi connectivity index (χ1v) is 14.5. The summed E-state index contributed by atoms with van der Waals surface area (Å²) in [5.74, 6) is 22.3. The third-order valence-electron chi connectivity index (χ3n) is 5.25. The molecule has 6 nitrogen and oxygen atoms in total. The van der Waals surface area contributed by atoms with Crippen LogP contribution in [0, 0.1) is 61.2 Å². The van der Waals surface area contributed by atoms with Crippen LogP contribution in [0.25, 0.3) is 0 Å². The van der Waals surface area contributed by atoms with E-state index >= 15 is 0 Å². The Labute approximate surface area is 226 Å². The molecular weight excluding hydrogens is 516 g/mol. The molecule has 0 bridgehead atoms. The maximum absolute atomic E-state index is 13.1. The number of hydrogen-bond acceptors (Lipinski definition) is 4. The first-order valence-electron chi connectivity index (χ1n) is 11.6. The van der Waals surface area contributed by atoms with Gasteiger partial charge in [-0.1, -0.05) is 82.8 Å². The van der Waals surface area contributed by atoms with Crippen LogP contribution in [0.2, 0.25) is 0 Å². The Bertz CT molecular complexity index is 1490. The minimum Gasteiger partial charge on any atom is -0.207 e. The van der Waals surface area contributed by atoms with E-state index in [9.17, 15) is 16.8 Å². The van der Waals surface area contributed by atoms with E-state index in [0.29, 0.717) is 0 Å². The third kappa shape index (κ3) is 7.99. The maximum Gasteiger partial charge on any atom is 0.244 e. The number of rotatable bonds is 4. The van der Waals surface area contributed by atoms with E-state index in [1.165, 1.54) is 32.9 Å². The molecule has 0 saturated carbocycles. The van der Waals surface area contributed by atoms with Gasteiger partial charge in [-0.3, -0.25) is 0 Å². The molecule has 0 aromatic heterocycles. The van der Waals surface area contributed by atoms with E-state index in [2.05, 4.69) is 47.4 Å². The summed E-state index contributed by atoms with van der Waals surface area (Å²) in [6.07, 6.45) is 5.94. The Morgan fingerprint density at radius 2 is 0.763 bits per heavy atom. The quantitative estimate of drug-likeness (QED) is 0.557. The van der Waals surface area contributed by atoms with Crippen molar-refractivity contribution in [1.82, 2.24) is 8.61 Å². The van der Waals surface area contributed by atoms with Crippen LogP contribution >= 0.6 is 0 Å². The van der Waals surface area contributed by atoms with E-state index < -0.39 is 20.0 Å². The smallest absolute Gasteiger partial charge is 0.207 e. The lowest BCUT2D eigenvalue weighted by molar-refractivity contribution is 0.481. The number of aryl methyl sites for hydroxylation is 2. The Balaban J connectivity index is 1.85. The maximum atomic E-state index is 13.1. The highest BCUT2D eigenvalue weighted by atomic mass is 32.2. The van der Waals surface area contributed by atoms with Gasteiger partial charge in [0, 0.05) is 0 Å². The lowest BCUT2D eigenvalue weighted by Crippen LogP contribution is -2.32. The molecule has 0 atom stereocenters. The predicted molar refractivity (Wildman–Crippen MR) is 149 cm³/mol. The molecule has 0 N–H and O–H groups in total. The Hall–Kier alpha value is -4.02. The lowest BCUT2D eigenvalue weighted by Gasteiger charge is -2.17. The van der Waals surface area contributed by atoms with E-state index in [1.807, 2.05) is 13.8 Å². The molecule has 1 aliphatic heterocycles. The van der Waals surface area contributed by atoms with Gasteiger partial charge in [0.2, 0.25) is 20.0 Å². The van der Waals surface area contributed by atoms with Crippen LogP contribution in [0.3, 0.4) is 0 Å². The molecule has 1 aliphatic rings. The second-order valence-corrected chi connectivity index (χ2v) is 12.0. The Morgan fingerprint density at radius 1 is 0.500 bits per heavy atom. The highest BCUT2D eigenvalue weighted by Gasteiger charge is 2.23. The van der Waals surface area contributed by atoms with Gasteiger partial charge < -0.3 is 0 Å². The lowest BCUT2D eigenvalue weighted by atomic mass is 10.2. The molecule has 8 heteroatoms. The standard InChI is InChI=1S/C30H26N2O4S2/c1-27-15-19-29(20-16-27)37(33,34)31-23-11-7-3-5-9-13-25-32(26-14-10-6-4-8-12-24-31)38(35,36)30-21-17-28(2)18-22-30/h3-6,15-22H,23-26H2,1-2H3/b5-3+,6-4+. The zero-order chi connectivity index (χ0) is 27.4. The third-order valence-corrected chi connectivity index (χ3v) is 8.86. The fourth-order valence-corrected chi connectivity index (χ4v) is 5.60. The van der Waals surface area contributed by atoms with Crippen LogP contribution in [0.5, 0.6) is 0 Å². The van der Waals surface area contributed by atoms with Crippen molar-refractivity contribution in [3.63, 3.8) is 0 Å². The van der Waals surface area contributed by atoms with Crippen LogP contribution in [0.1, 0.15) is 11.1 Å². The van der Waals surface area contributed by atoms with Crippen molar-refractivity contribution >= 4 is 20.0 Å². The molecule has 0 amide bonds. The number of benzene rings is 2. The van der Waals surface area contributed by atoms with E-state index in [1.54, 1.807) is 48.5 Å². The molecule has 38 heavy (non-hydrogen) atoms. The number of sulfonamides is 2. The van der Waals surface area contributed by atoms with Crippen LogP contribution in [0.4, 0.5) is 0 Å². The van der Waals surface area contributed by atoms with Crippen LogP contribution in [0.15, 0.2) is 82.6 Å². The second-order valence-electron chi connectivity index (χ2n) is 8.12. The molecule has 0 unspecified atom stereocenters. The number of nitrogens with zero attached hydrogens (tertiary/aromatic N) is 2. The van der Waals surface area contributed by atoms with Crippen molar-refractivity contribution in [3.05, 3.63) is 84.0 Å².